The highest BCUT2D eigenvalue weighted by Gasteiger charge is 2.35. The fraction of sp³-hybridized carbons (Fsp3) is 0.609. The summed E-state index contributed by atoms with van der Waals surface area (Å²) >= 11 is 1.75. The van der Waals surface area contributed by atoms with E-state index in [1.54, 1.807) is 11.3 Å². The van der Waals surface area contributed by atoms with E-state index in [-0.39, 0.29) is 12.3 Å². The summed E-state index contributed by atoms with van der Waals surface area (Å²) in [6.07, 6.45) is 4.43. The van der Waals surface area contributed by atoms with Gasteiger partial charge in [0, 0.05) is 26.2 Å². The highest BCUT2D eigenvalue weighted by Crippen LogP contribution is 2.27. The second-order valence-electron chi connectivity index (χ2n) is 7.96. The van der Waals surface area contributed by atoms with Crippen LogP contribution in [0.25, 0.3) is 10.2 Å². The van der Waals surface area contributed by atoms with E-state index in [1.165, 1.54) is 16.7 Å². The van der Waals surface area contributed by atoms with E-state index in [0.29, 0.717) is 38.5 Å². The van der Waals surface area contributed by atoms with E-state index in [2.05, 4.69) is 56.9 Å². The summed E-state index contributed by atoms with van der Waals surface area (Å²) in [4.78, 5) is 25.5. The van der Waals surface area contributed by atoms with Crippen LogP contribution in [0.5, 0.6) is 0 Å². The van der Waals surface area contributed by atoms with Gasteiger partial charge in [-0.1, -0.05) is 40.2 Å². The fourth-order valence-corrected chi connectivity index (χ4v) is 4.09. The van der Waals surface area contributed by atoms with Gasteiger partial charge in [0.25, 0.3) is 0 Å². The molecular weight excluding hydrogens is 412 g/mol. The number of hydrogen-bond donors (Lipinski definition) is 3. The first-order chi connectivity index (χ1) is 14.8. The van der Waals surface area contributed by atoms with Crippen LogP contribution >= 0.6 is 11.3 Å². The zero-order valence-corrected chi connectivity index (χ0v) is 20.1. The van der Waals surface area contributed by atoms with Gasteiger partial charge < -0.3 is 21.5 Å². The van der Waals surface area contributed by atoms with Gasteiger partial charge in [-0.15, -0.1) is 11.3 Å². The maximum Gasteiger partial charge on any atom is 0.240 e. The number of carbonyl (C=O) groups is 2. The van der Waals surface area contributed by atoms with Gasteiger partial charge in [0.2, 0.25) is 12.3 Å². The molecule has 2 amide bonds. The summed E-state index contributed by atoms with van der Waals surface area (Å²) < 4.78 is 6.53. The van der Waals surface area contributed by atoms with Crippen molar-refractivity contribution in [1.29, 1.82) is 0 Å². The topological polar surface area (TPSA) is 120 Å². The van der Waals surface area contributed by atoms with Crippen molar-refractivity contribution in [1.82, 2.24) is 10.3 Å². The minimum Gasteiger partial charge on any atom is -0.381 e. The molecule has 174 valence electrons. The number of hydrogen-bond acceptors (Lipinski definition) is 6. The summed E-state index contributed by atoms with van der Waals surface area (Å²) in [6.45, 7) is 10.4. The van der Waals surface area contributed by atoms with E-state index >= 15 is 0 Å². The molecule has 0 spiro atoms. The maximum atomic E-state index is 12.3. The molecule has 31 heavy (non-hydrogen) atoms. The van der Waals surface area contributed by atoms with Gasteiger partial charge in [-0.2, -0.15) is 0 Å². The SMILES string of the molecule is CC(C)c1ccc2nc(CCCNC(=O)C3(N)CCOCC3)sc2c1.CCC.NC=O. The van der Waals surface area contributed by atoms with Gasteiger partial charge in [0.05, 0.1) is 20.8 Å². The summed E-state index contributed by atoms with van der Waals surface area (Å²) in [5.41, 5.74) is 12.0. The van der Waals surface area contributed by atoms with E-state index < -0.39 is 5.54 Å². The van der Waals surface area contributed by atoms with Crippen LogP contribution in [-0.2, 0) is 20.7 Å². The summed E-state index contributed by atoms with van der Waals surface area (Å²) in [5.74, 6) is 0.473. The van der Waals surface area contributed by atoms with Crippen LogP contribution in [0.1, 0.15) is 69.9 Å². The van der Waals surface area contributed by atoms with Crippen molar-refractivity contribution in [2.24, 2.45) is 11.5 Å². The van der Waals surface area contributed by atoms with Crippen molar-refractivity contribution in [3.63, 3.8) is 0 Å². The van der Waals surface area contributed by atoms with Crippen LogP contribution in [0.2, 0.25) is 0 Å². The standard InChI is InChI=1S/C19H27N3O2S.C3H8.CH3NO/c1-13(2)14-5-6-15-16(12-14)25-17(22-15)4-3-9-21-18(23)19(20)7-10-24-11-8-19;1-3-2;2-1-3/h5-6,12-13H,3-4,7-11,20H2,1-2H3,(H,21,23);3H2,1-2H3;1H,(H2,2,3). The third-order valence-electron chi connectivity index (χ3n) is 4.81. The third kappa shape index (κ3) is 8.93. The molecule has 5 N–H and O–H groups in total. The number of thiazole rings is 1. The molecule has 1 aliphatic rings. The average Bonchev–Trinajstić information content (AvgIpc) is 3.14. The van der Waals surface area contributed by atoms with Crippen molar-refractivity contribution < 1.29 is 14.3 Å². The zero-order valence-electron chi connectivity index (χ0n) is 19.3. The molecule has 8 heteroatoms. The predicted octanol–water partition coefficient (Wildman–Crippen LogP) is 3.49. The molecule has 0 unspecified atom stereocenters. The fourth-order valence-electron chi connectivity index (χ4n) is 3.04. The highest BCUT2D eigenvalue weighted by atomic mass is 32.1. The Labute approximate surface area is 189 Å². The molecule has 0 radical (unpaired) electrons. The molecule has 2 aromatic rings. The van der Waals surface area contributed by atoms with Crippen molar-refractivity contribution >= 4 is 33.9 Å². The van der Waals surface area contributed by atoms with Crippen LogP contribution in [-0.4, -0.2) is 42.6 Å². The van der Waals surface area contributed by atoms with E-state index in [9.17, 15) is 4.79 Å². The summed E-state index contributed by atoms with van der Waals surface area (Å²) in [5, 5.41) is 4.10. The Morgan fingerprint density at radius 2 is 1.94 bits per heavy atom. The number of benzene rings is 1. The maximum absolute atomic E-state index is 12.3. The second kappa shape index (κ2) is 14.1. The van der Waals surface area contributed by atoms with Crippen LogP contribution in [0.3, 0.4) is 0 Å². The Morgan fingerprint density at radius 1 is 1.32 bits per heavy atom. The van der Waals surface area contributed by atoms with Gasteiger partial charge in [-0.3, -0.25) is 9.59 Å². The molecule has 0 aliphatic carbocycles. The number of ether oxygens (including phenoxy) is 1. The molecule has 0 atom stereocenters. The van der Waals surface area contributed by atoms with Crippen LogP contribution in [0, 0.1) is 0 Å². The largest absolute Gasteiger partial charge is 0.381 e. The number of fused-ring (bicyclic) bond motifs is 1. The Hall–Kier alpha value is -2.03. The van der Waals surface area contributed by atoms with Gasteiger partial charge in [-0.25, -0.2) is 4.98 Å². The lowest BCUT2D eigenvalue weighted by molar-refractivity contribution is -0.129. The first-order valence-electron chi connectivity index (χ1n) is 11.0. The molecule has 2 heterocycles. The predicted molar refractivity (Wildman–Crippen MR) is 128 cm³/mol. The number of rotatable bonds is 6. The van der Waals surface area contributed by atoms with Gasteiger partial charge >= 0.3 is 0 Å². The monoisotopic (exact) mass is 450 g/mol. The minimum atomic E-state index is -0.763. The first-order valence-corrected chi connectivity index (χ1v) is 11.8. The van der Waals surface area contributed by atoms with Crippen LogP contribution in [0.4, 0.5) is 0 Å². The summed E-state index contributed by atoms with van der Waals surface area (Å²) in [6, 6.07) is 6.51. The van der Waals surface area contributed by atoms with E-state index in [0.717, 1.165) is 23.4 Å². The molecule has 1 aromatic carbocycles. The van der Waals surface area contributed by atoms with E-state index in [1.807, 2.05) is 0 Å². The third-order valence-corrected chi connectivity index (χ3v) is 5.89. The highest BCUT2D eigenvalue weighted by molar-refractivity contribution is 7.18. The molecule has 1 aromatic heterocycles. The van der Waals surface area contributed by atoms with Crippen molar-refractivity contribution in [3.8, 4) is 0 Å². The molecule has 1 aliphatic heterocycles. The van der Waals surface area contributed by atoms with Crippen LogP contribution in [0.15, 0.2) is 18.2 Å². The lowest BCUT2D eigenvalue weighted by atomic mass is 9.90. The zero-order chi connectivity index (χ0) is 23.3. The first kappa shape index (κ1) is 27.0. The summed E-state index contributed by atoms with van der Waals surface area (Å²) in [7, 11) is 0. The normalized spacial score (nSPS) is 14.8. The van der Waals surface area contributed by atoms with Gasteiger partial charge in [0.15, 0.2) is 0 Å². The number of aryl methyl sites for hydroxylation is 1. The van der Waals surface area contributed by atoms with Crippen molar-refractivity contribution in [2.75, 3.05) is 19.8 Å². The smallest absolute Gasteiger partial charge is 0.240 e. The molecule has 7 nitrogen and oxygen atoms in total. The number of nitrogens with zero attached hydrogens (tertiary/aromatic N) is 1. The lowest BCUT2D eigenvalue weighted by Crippen LogP contribution is -2.57. The van der Waals surface area contributed by atoms with Crippen molar-refractivity contribution in [2.45, 2.75) is 71.3 Å². The molecular formula is C23H38N4O3S. The van der Waals surface area contributed by atoms with Gasteiger partial charge in [0.1, 0.15) is 0 Å². The Balaban J connectivity index is 0.000000720. The van der Waals surface area contributed by atoms with Gasteiger partial charge in [-0.05, 0) is 42.9 Å². The number of amides is 2. The lowest BCUT2D eigenvalue weighted by Gasteiger charge is -2.31. The Morgan fingerprint density at radius 3 is 2.52 bits per heavy atom. The van der Waals surface area contributed by atoms with E-state index in [4.69, 9.17) is 20.2 Å². The number of primary amides is 1. The molecule has 1 saturated heterocycles. The number of nitrogens with two attached hydrogens (primary N) is 2. The van der Waals surface area contributed by atoms with Crippen LogP contribution < -0.4 is 16.8 Å². The molecule has 0 bridgehead atoms. The average molecular weight is 451 g/mol. The molecule has 0 saturated carbocycles. The second-order valence-corrected chi connectivity index (χ2v) is 9.08. The quantitative estimate of drug-likeness (QED) is 0.459. The Kier molecular flexibility index (Phi) is 12.3. The molecule has 1 fully saturated rings. The Bertz CT molecular complexity index is 801. The molecule has 3 rings (SSSR count). The number of carbonyl (C=O) groups excluding carboxylic acids is 2. The number of aromatic nitrogens is 1. The number of nitrogens with one attached hydrogen (secondary N) is 1. The minimum absolute atomic E-state index is 0.0540. The van der Waals surface area contributed by atoms with Crippen molar-refractivity contribution in [3.05, 3.63) is 28.8 Å².